The van der Waals surface area contributed by atoms with Gasteiger partial charge in [0.25, 0.3) is 0 Å². The number of benzene rings is 4. The lowest BCUT2D eigenvalue weighted by Gasteiger charge is -2.47. The summed E-state index contributed by atoms with van der Waals surface area (Å²) in [6.45, 7) is 0.382. The molecule has 15 nitrogen and oxygen atoms in total. The Balaban J connectivity index is 1.31. The molecule has 15 heteroatoms. The van der Waals surface area contributed by atoms with Gasteiger partial charge in [0.05, 0.1) is 28.9 Å². The molecule has 3 saturated heterocycles. The van der Waals surface area contributed by atoms with Gasteiger partial charge in [-0.3, -0.25) is 0 Å². The van der Waals surface area contributed by atoms with Gasteiger partial charge in [0, 0.05) is 0 Å². The zero-order valence-corrected chi connectivity index (χ0v) is 30.5. The van der Waals surface area contributed by atoms with Gasteiger partial charge < -0.3 is 52.8 Å². The van der Waals surface area contributed by atoms with E-state index in [0.29, 0.717) is 0 Å². The highest BCUT2D eigenvalue weighted by Gasteiger charge is 2.58. The van der Waals surface area contributed by atoms with Crippen molar-refractivity contribution in [2.45, 2.75) is 74.6 Å². The van der Waals surface area contributed by atoms with E-state index in [2.05, 4.69) is 0 Å². The predicted octanol–water partition coefficient (Wildman–Crippen LogP) is 3.47. The van der Waals surface area contributed by atoms with E-state index in [-0.39, 0.29) is 22.3 Å². The van der Waals surface area contributed by atoms with E-state index in [1.54, 1.807) is 79.7 Å². The fourth-order valence-corrected chi connectivity index (χ4v) is 6.69. The monoisotopic (exact) mass is 784 g/mol. The van der Waals surface area contributed by atoms with Crippen LogP contribution in [0.1, 0.15) is 48.4 Å². The van der Waals surface area contributed by atoms with Gasteiger partial charge in [-0.25, -0.2) is 19.2 Å². The standard InChI is InChI=1S/C42H40O15/c1-24-50-35-33(31(44)29(22-43)52-41(35)51-24)57-42-36(56-40(48)28-20-12-5-13-21-28)34(55-39(47)27-18-10-4-11-19-27)32(54-38(46)26-16-8-3-9-17-26)30(53-42)23-49-37(45)25-14-6-2-7-15-25/h2-21,24,29-36,41-44H,22-23H2,1H3/t24?,29-,30-,31-,32-,33+,34+,35-,36+,41+,42-/m1/s1. The Labute approximate surface area is 326 Å². The topological polar surface area (TPSA) is 192 Å². The van der Waals surface area contributed by atoms with Gasteiger partial charge in [0.2, 0.25) is 0 Å². The molecule has 298 valence electrons. The first-order valence-corrected chi connectivity index (χ1v) is 18.3. The summed E-state index contributed by atoms with van der Waals surface area (Å²) in [4.78, 5) is 54.8. The predicted molar refractivity (Wildman–Crippen MR) is 194 cm³/mol. The highest BCUT2D eigenvalue weighted by Crippen LogP contribution is 2.37. The number of rotatable bonds is 12. The molecular weight excluding hydrogens is 744 g/mol. The molecule has 0 spiro atoms. The number of aliphatic hydroxyl groups is 2. The van der Waals surface area contributed by atoms with Crippen molar-refractivity contribution in [2.75, 3.05) is 13.2 Å². The molecule has 0 radical (unpaired) electrons. The third-order valence-corrected chi connectivity index (χ3v) is 9.50. The third kappa shape index (κ3) is 9.21. The van der Waals surface area contributed by atoms with E-state index in [4.69, 9.17) is 42.6 Å². The van der Waals surface area contributed by atoms with Gasteiger partial charge in [-0.15, -0.1) is 0 Å². The second-order valence-corrected chi connectivity index (χ2v) is 13.3. The lowest BCUT2D eigenvalue weighted by Crippen LogP contribution is -2.66. The summed E-state index contributed by atoms with van der Waals surface area (Å²) in [6, 6.07) is 31.9. The lowest BCUT2D eigenvalue weighted by atomic mass is 9.96. The van der Waals surface area contributed by atoms with Crippen LogP contribution in [0.25, 0.3) is 0 Å². The van der Waals surface area contributed by atoms with Crippen molar-refractivity contribution in [1.29, 1.82) is 0 Å². The Hall–Kier alpha value is -5.52. The molecule has 0 saturated carbocycles. The summed E-state index contributed by atoms with van der Waals surface area (Å²) >= 11 is 0. The van der Waals surface area contributed by atoms with E-state index < -0.39 is 105 Å². The summed E-state index contributed by atoms with van der Waals surface area (Å²) < 4.78 is 54.1. The van der Waals surface area contributed by atoms with Crippen LogP contribution in [0.3, 0.4) is 0 Å². The molecule has 0 aliphatic carbocycles. The van der Waals surface area contributed by atoms with E-state index in [1.165, 1.54) is 48.5 Å². The summed E-state index contributed by atoms with van der Waals surface area (Å²) in [5.41, 5.74) is 0.545. The van der Waals surface area contributed by atoms with E-state index >= 15 is 0 Å². The number of esters is 4. The normalized spacial score (nSPS) is 29.4. The van der Waals surface area contributed by atoms with Crippen molar-refractivity contribution in [1.82, 2.24) is 0 Å². The van der Waals surface area contributed by atoms with Crippen LogP contribution >= 0.6 is 0 Å². The largest absolute Gasteiger partial charge is 0.459 e. The Morgan fingerprint density at radius 3 is 1.49 bits per heavy atom. The smallest absolute Gasteiger partial charge is 0.338 e. The minimum absolute atomic E-state index is 0.105. The SMILES string of the molecule is CC1O[C@H]2O[C@H](CO)[C@@H](O)[C@H](O[C@H]3O[C@H](COC(=O)c4ccccc4)[C@@H](OC(=O)c4ccccc4)[C@H](OC(=O)c4ccccc4)[C@@H]3OC(=O)c3ccccc3)[C@H]2O1. The van der Waals surface area contributed by atoms with Crippen molar-refractivity contribution in [3.8, 4) is 0 Å². The van der Waals surface area contributed by atoms with Crippen molar-refractivity contribution >= 4 is 23.9 Å². The Morgan fingerprint density at radius 1 is 0.544 bits per heavy atom. The molecule has 3 aliphatic heterocycles. The van der Waals surface area contributed by atoms with Crippen molar-refractivity contribution < 1.29 is 72.0 Å². The van der Waals surface area contributed by atoms with Gasteiger partial charge in [0.1, 0.15) is 37.1 Å². The number of carbonyl (C=O) groups is 4. The lowest BCUT2D eigenvalue weighted by molar-refractivity contribution is -0.342. The first-order chi connectivity index (χ1) is 27.7. The molecule has 0 amide bonds. The average molecular weight is 785 g/mol. The molecule has 11 atom stereocenters. The molecule has 4 aromatic rings. The Bertz CT molecular complexity index is 1960. The molecule has 7 rings (SSSR count). The van der Waals surface area contributed by atoms with Gasteiger partial charge in [-0.1, -0.05) is 72.8 Å². The Kier molecular flexibility index (Phi) is 12.7. The first kappa shape index (κ1) is 39.7. The quantitative estimate of drug-likeness (QED) is 0.157. The van der Waals surface area contributed by atoms with Gasteiger partial charge >= 0.3 is 23.9 Å². The summed E-state index contributed by atoms with van der Waals surface area (Å²) in [5.74, 6) is -3.40. The fourth-order valence-electron chi connectivity index (χ4n) is 6.69. The van der Waals surface area contributed by atoms with E-state index in [9.17, 15) is 29.4 Å². The number of carbonyl (C=O) groups excluding carboxylic acids is 4. The maximum Gasteiger partial charge on any atom is 0.338 e. The second kappa shape index (κ2) is 18.2. The molecular formula is C42H40O15. The Morgan fingerprint density at radius 2 is 1.00 bits per heavy atom. The van der Waals surface area contributed by atoms with E-state index in [0.717, 1.165) is 0 Å². The molecule has 4 aromatic carbocycles. The maximum atomic E-state index is 13.9. The van der Waals surface area contributed by atoms with Crippen molar-refractivity contribution in [3.05, 3.63) is 144 Å². The molecule has 0 bridgehead atoms. The molecule has 3 aliphatic rings. The zero-order chi connectivity index (χ0) is 39.9. The number of aliphatic hydroxyl groups excluding tert-OH is 2. The molecule has 2 N–H and O–H groups in total. The highest BCUT2D eigenvalue weighted by atomic mass is 16.8. The van der Waals surface area contributed by atoms with Crippen LogP contribution in [0.4, 0.5) is 0 Å². The van der Waals surface area contributed by atoms with Crippen molar-refractivity contribution in [2.24, 2.45) is 0 Å². The van der Waals surface area contributed by atoms with Crippen molar-refractivity contribution in [3.63, 3.8) is 0 Å². The summed E-state index contributed by atoms with van der Waals surface area (Å²) in [7, 11) is 0. The summed E-state index contributed by atoms with van der Waals surface area (Å²) in [5, 5.41) is 21.5. The van der Waals surface area contributed by atoms with Gasteiger partial charge in [-0.2, -0.15) is 0 Å². The third-order valence-electron chi connectivity index (χ3n) is 9.50. The molecule has 3 fully saturated rings. The van der Waals surface area contributed by atoms with Gasteiger partial charge in [-0.05, 0) is 55.5 Å². The molecule has 0 aromatic heterocycles. The zero-order valence-electron chi connectivity index (χ0n) is 30.5. The molecule has 3 heterocycles. The minimum Gasteiger partial charge on any atom is -0.459 e. The van der Waals surface area contributed by atoms with Gasteiger partial charge in [0.15, 0.2) is 37.2 Å². The highest BCUT2D eigenvalue weighted by molar-refractivity contribution is 5.91. The number of hydrogen-bond acceptors (Lipinski definition) is 15. The number of fused-ring (bicyclic) bond motifs is 1. The van der Waals surface area contributed by atoms with Crippen LogP contribution in [0.5, 0.6) is 0 Å². The summed E-state index contributed by atoms with van der Waals surface area (Å²) in [6.07, 6.45) is -15.3. The molecule has 57 heavy (non-hydrogen) atoms. The van der Waals surface area contributed by atoms with Crippen LogP contribution in [0, 0.1) is 0 Å². The minimum atomic E-state index is -1.74. The second-order valence-electron chi connectivity index (χ2n) is 13.3. The fraction of sp³-hybridized carbons (Fsp3) is 0.333. The average Bonchev–Trinajstić information content (AvgIpc) is 3.63. The number of ether oxygens (including phenoxy) is 9. The number of hydrogen-bond donors (Lipinski definition) is 2. The molecule has 1 unspecified atom stereocenters. The van der Waals surface area contributed by atoms with Crippen LogP contribution in [0.15, 0.2) is 121 Å². The maximum absolute atomic E-state index is 13.9. The van der Waals surface area contributed by atoms with Crippen LogP contribution in [0.2, 0.25) is 0 Å². The van der Waals surface area contributed by atoms with E-state index in [1.807, 2.05) is 0 Å². The van der Waals surface area contributed by atoms with Crippen LogP contribution in [-0.4, -0.2) is 115 Å². The van der Waals surface area contributed by atoms with Crippen LogP contribution in [-0.2, 0) is 42.6 Å². The van der Waals surface area contributed by atoms with Crippen LogP contribution < -0.4 is 0 Å². The first-order valence-electron chi connectivity index (χ1n) is 18.3.